The fourth-order valence-electron chi connectivity index (χ4n) is 2.78. The lowest BCUT2D eigenvalue weighted by molar-refractivity contribution is 0.0697. The molecule has 2 aliphatic rings. The van der Waals surface area contributed by atoms with E-state index in [1.54, 1.807) is 24.3 Å². The van der Waals surface area contributed by atoms with E-state index in [-0.39, 0.29) is 5.56 Å². The molecule has 1 heterocycles. The molecule has 0 unspecified atom stereocenters. The molecule has 0 fully saturated rings. The van der Waals surface area contributed by atoms with Crippen molar-refractivity contribution in [1.29, 1.82) is 0 Å². The zero-order valence-corrected chi connectivity index (χ0v) is 13.8. The van der Waals surface area contributed by atoms with Gasteiger partial charge < -0.3 is 9.52 Å². The molecule has 0 aromatic heterocycles. The van der Waals surface area contributed by atoms with E-state index in [1.807, 2.05) is 12.1 Å². The fraction of sp³-hybridized carbons (Fsp3) is 0.200. The van der Waals surface area contributed by atoms with Crippen molar-refractivity contribution in [1.82, 2.24) is 4.58 Å². The first-order valence-electron chi connectivity index (χ1n) is 8.08. The van der Waals surface area contributed by atoms with Gasteiger partial charge in [-0.3, -0.25) is 0 Å². The van der Waals surface area contributed by atoms with Crippen LogP contribution < -0.4 is 9.93 Å². The molecule has 4 heteroatoms. The summed E-state index contributed by atoms with van der Waals surface area (Å²) in [5.74, 6) is 0.608. The molecule has 3 rings (SSSR count). The Bertz CT molecular complexity index is 901. The van der Waals surface area contributed by atoms with E-state index in [9.17, 15) is 4.79 Å². The SMILES string of the molecule is CC[N+](CC)=c1ccc2ccc(-c3ccc(C(=O)O)cc3)oc-2c1. The van der Waals surface area contributed by atoms with Gasteiger partial charge in [0.1, 0.15) is 24.6 Å². The molecule has 1 aliphatic carbocycles. The van der Waals surface area contributed by atoms with Gasteiger partial charge in [0, 0.05) is 17.2 Å². The normalized spacial score (nSPS) is 10.8. The van der Waals surface area contributed by atoms with Gasteiger partial charge in [-0.25, -0.2) is 9.37 Å². The van der Waals surface area contributed by atoms with Gasteiger partial charge in [-0.1, -0.05) is 12.1 Å². The number of aromatic carboxylic acids is 1. The molecule has 0 spiro atoms. The van der Waals surface area contributed by atoms with Crippen LogP contribution in [0.15, 0.2) is 59.0 Å². The van der Waals surface area contributed by atoms with Crippen LogP contribution in [0.5, 0.6) is 0 Å². The van der Waals surface area contributed by atoms with Crippen LogP contribution in [0.3, 0.4) is 0 Å². The Labute approximate surface area is 140 Å². The first-order valence-corrected chi connectivity index (χ1v) is 8.08. The van der Waals surface area contributed by atoms with Crippen LogP contribution in [0, 0.1) is 0 Å². The second kappa shape index (κ2) is 6.71. The quantitative estimate of drug-likeness (QED) is 0.747. The van der Waals surface area contributed by atoms with Gasteiger partial charge in [0.15, 0.2) is 0 Å². The van der Waals surface area contributed by atoms with Gasteiger partial charge in [0.2, 0.25) is 5.36 Å². The van der Waals surface area contributed by atoms with Crippen LogP contribution in [0.2, 0.25) is 0 Å². The van der Waals surface area contributed by atoms with Gasteiger partial charge >= 0.3 is 5.97 Å². The summed E-state index contributed by atoms with van der Waals surface area (Å²) in [6.45, 7) is 6.15. The average Bonchev–Trinajstić information content (AvgIpc) is 2.62. The van der Waals surface area contributed by atoms with Crippen molar-refractivity contribution in [3.63, 3.8) is 0 Å². The third kappa shape index (κ3) is 3.08. The number of carboxylic acid groups (broad SMARTS) is 1. The lowest BCUT2D eigenvalue weighted by atomic mass is 10.1. The van der Waals surface area contributed by atoms with Crippen molar-refractivity contribution >= 4 is 5.97 Å². The van der Waals surface area contributed by atoms with Crippen LogP contribution in [-0.2, 0) is 0 Å². The van der Waals surface area contributed by atoms with Crippen molar-refractivity contribution in [2.45, 2.75) is 13.8 Å². The molecule has 24 heavy (non-hydrogen) atoms. The molecule has 0 saturated heterocycles. The highest BCUT2D eigenvalue weighted by molar-refractivity contribution is 5.88. The molecular formula is C20H20NO3+. The Morgan fingerprint density at radius 2 is 1.50 bits per heavy atom. The molecule has 0 bridgehead atoms. The number of rotatable bonds is 4. The highest BCUT2D eigenvalue weighted by Crippen LogP contribution is 2.27. The molecule has 0 amide bonds. The maximum absolute atomic E-state index is 11.0. The van der Waals surface area contributed by atoms with Gasteiger partial charge in [-0.05, 0) is 44.2 Å². The minimum Gasteiger partial charge on any atom is -0.478 e. The Hall–Kier alpha value is -2.88. The lowest BCUT2D eigenvalue weighted by Gasteiger charge is -2.08. The highest BCUT2D eigenvalue weighted by Gasteiger charge is 2.11. The standard InChI is InChI=1S/C20H19NO3/c1-3-21(4-2)17-11-9-15-10-12-18(24-19(15)13-17)14-5-7-16(8-6-14)20(22)23/h5-13H,3-4H2,1-2H3/p+1. The number of benzene rings is 2. The first kappa shape index (κ1) is 16.0. The Morgan fingerprint density at radius 1 is 0.917 bits per heavy atom. The summed E-state index contributed by atoms with van der Waals surface area (Å²) in [7, 11) is 0. The number of fused-ring (bicyclic) bond motifs is 1. The summed E-state index contributed by atoms with van der Waals surface area (Å²) in [5.41, 5.74) is 2.16. The summed E-state index contributed by atoms with van der Waals surface area (Å²) < 4.78 is 8.32. The Morgan fingerprint density at radius 3 is 2.12 bits per heavy atom. The topological polar surface area (TPSA) is 53.5 Å². The van der Waals surface area contributed by atoms with Crippen LogP contribution in [0.1, 0.15) is 24.2 Å². The molecule has 1 N–H and O–H groups in total. The van der Waals surface area contributed by atoms with Crippen LogP contribution in [0.4, 0.5) is 0 Å². The van der Waals surface area contributed by atoms with Crippen molar-refractivity contribution < 1.29 is 14.3 Å². The zero-order chi connectivity index (χ0) is 17.1. The molecule has 0 atom stereocenters. The molecular weight excluding hydrogens is 302 g/mol. The Balaban J connectivity index is 2.09. The van der Waals surface area contributed by atoms with E-state index in [0.717, 1.165) is 41.1 Å². The predicted molar refractivity (Wildman–Crippen MR) is 94.1 cm³/mol. The van der Waals surface area contributed by atoms with E-state index in [1.165, 1.54) is 0 Å². The number of hydrogen-bond acceptors (Lipinski definition) is 2. The second-order valence-corrected chi connectivity index (χ2v) is 5.58. The maximum Gasteiger partial charge on any atom is 0.335 e. The molecule has 1 aliphatic heterocycles. The summed E-state index contributed by atoms with van der Waals surface area (Å²) in [5, 5.41) is 10.1. The van der Waals surface area contributed by atoms with Gasteiger partial charge in [0.05, 0.1) is 11.6 Å². The summed E-state index contributed by atoms with van der Waals surface area (Å²) in [6.07, 6.45) is 0. The Kier molecular flexibility index (Phi) is 4.47. The maximum atomic E-state index is 11.0. The summed E-state index contributed by atoms with van der Waals surface area (Å²) in [6, 6.07) is 16.9. The number of carbonyl (C=O) groups is 1. The van der Waals surface area contributed by atoms with E-state index in [0.29, 0.717) is 0 Å². The second-order valence-electron chi connectivity index (χ2n) is 5.58. The molecule has 0 saturated carbocycles. The molecule has 122 valence electrons. The van der Waals surface area contributed by atoms with Crippen LogP contribution in [0.25, 0.3) is 22.6 Å². The monoisotopic (exact) mass is 322 g/mol. The lowest BCUT2D eigenvalue weighted by Crippen LogP contribution is -2.29. The molecule has 1 aromatic rings. The minimum absolute atomic E-state index is 0.267. The summed E-state index contributed by atoms with van der Waals surface area (Å²) >= 11 is 0. The van der Waals surface area contributed by atoms with Crippen molar-refractivity contribution in [2.75, 3.05) is 13.1 Å². The van der Waals surface area contributed by atoms with E-state index in [2.05, 4.69) is 36.6 Å². The fourth-order valence-corrected chi connectivity index (χ4v) is 2.78. The molecule has 0 radical (unpaired) electrons. The van der Waals surface area contributed by atoms with Gasteiger partial charge in [0.25, 0.3) is 0 Å². The smallest absolute Gasteiger partial charge is 0.335 e. The van der Waals surface area contributed by atoms with Crippen molar-refractivity contribution in [2.24, 2.45) is 0 Å². The number of hydrogen-bond donors (Lipinski definition) is 1. The zero-order valence-electron chi connectivity index (χ0n) is 13.8. The molecule has 4 nitrogen and oxygen atoms in total. The molecule has 1 aromatic carbocycles. The van der Waals surface area contributed by atoms with Crippen molar-refractivity contribution in [3.05, 3.63) is 65.5 Å². The van der Waals surface area contributed by atoms with Crippen LogP contribution >= 0.6 is 0 Å². The summed E-state index contributed by atoms with van der Waals surface area (Å²) in [4.78, 5) is 11.0. The highest BCUT2D eigenvalue weighted by atomic mass is 16.4. The average molecular weight is 322 g/mol. The number of nitrogens with zero attached hydrogens (tertiary/aromatic N) is 1. The van der Waals surface area contributed by atoms with Gasteiger partial charge in [-0.2, -0.15) is 0 Å². The van der Waals surface area contributed by atoms with Crippen molar-refractivity contribution in [3.8, 4) is 22.6 Å². The minimum atomic E-state index is -0.930. The van der Waals surface area contributed by atoms with E-state index < -0.39 is 5.97 Å². The third-order valence-corrected chi connectivity index (χ3v) is 4.18. The van der Waals surface area contributed by atoms with Gasteiger partial charge in [-0.15, -0.1) is 0 Å². The first-order chi connectivity index (χ1) is 11.6. The third-order valence-electron chi connectivity index (χ3n) is 4.18. The van der Waals surface area contributed by atoms with E-state index in [4.69, 9.17) is 9.52 Å². The largest absolute Gasteiger partial charge is 0.478 e. The van der Waals surface area contributed by atoms with Crippen LogP contribution in [-0.4, -0.2) is 24.2 Å². The number of carboxylic acids is 1. The predicted octanol–water partition coefficient (Wildman–Crippen LogP) is 3.56. The van der Waals surface area contributed by atoms with E-state index >= 15 is 0 Å².